The summed E-state index contributed by atoms with van der Waals surface area (Å²) in [5.41, 5.74) is 5.30. The lowest BCUT2D eigenvalue weighted by Gasteiger charge is -2.09. The third kappa shape index (κ3) is 2.78. The summed E-state index contributed by atoms with van der Waals surface area (Å²) < 4.78 is 1.99. The van der Waals surface area contributed by atoms with E-state index in [0.29, 0.717) is 5.56 Å². The van der Waals surface area contributed by atoms with Crippen molar-refractivity contribution in [2.24, 2.45) is 0 Å². The summed E-state index contributed by atoms with van der Waals surface area (Å²) in [5, 5.41) is 3.01. The SMILES string of the molecule is O=C(Nc1ccc2c(c1)CCC2)c1cccc(-n2cccc2)c1. The van der Waals surface area contributed by atoms with Crippen LogP contribution in [0.25, 0.3) is 5.69 Å². The predicted molar refractivity (Wildman–Crippen MR) is 92.2 cm³/mol. The number of nitrogens with zero attached hydrogens (tertiary/aromatic N) is 1. The molecule has 114 valence electrons. The maximum absolute atomic E-state index is 12.5. The molecule has 3 aromatic rings. The van der Waals surface area contributed by atoms with E-state index in [1.807, 2.05) is 59.4 Å². The van der Waals surface area contributed by atoms with E-state index < -0.39 is 0 Å². The topological polar surface area (TPSA) is 34.0 Å². The zero-order valence-corrected chi connectivity index (χ0v) is 12.8. The van der Waals surface area contributed by atoms with Crippen molar-refractivity contribution in [2.75, 3.05) is 5.32 Å². The van der Waals surface area contributed by atoms with Crippen molar-refractivity contribution in [3.8, 4) is 5.69 Å². The van der Waals surface area contributed by atoms with Crippen molar-refractivity contribution in [1.82, 2.24) is 4.57 Å². The van der Waals surface area contributed by atoms with Crippen molar-refractivity contribution >= 4 is 11.6 Å². The number of hydrogen-bond acceptors (Lipinski definition) is 1. The highest BCUT2D eigenvalue weighted by atomic mass is 16.1. The maximum atomic E-state index is 12.5. The van der Waals surface area contributed by atoms with E-state index in [2.05, 4.69) is 17.4 Å². The maximum Gasteiger partial charge on any atom is 0.255 e. The van der Waals surface area contributed by atoms with Crippen LogP contribution in [0, 0.1) is 0 Å². The first-order valence-electron chi connectivity index (χ1n) is 7.96. The van der Waals surface area contributed by atoms with Gasteiger partial charge < -0.3 is 9.88 Å². The Morgan fingerprint density at radius 1 is 0.913 bits per heavy atom. The van der Waals surface area contributed by atoms with Gasteiger partial charge in [0, 0.05) is 29.3 Å². The molecule has 4 rings (SSSR count). The van der Waals surface area contributed by atoms with Gasteiger partial charge in [0.2, 0.25) is 0 Å². The van der Waals surface area contributed by atoms with Gasteiger partial charge >= 0.3 is 0 Å². The number of rotatable bonds is 3. The number of carbonyl (C=O) groups excluding carboxylic acids is 1. The average Bonchev–Trinajstić information content (AvgIpc) is 3.26. The molecule has 23 heavy (non-hydrogen) atoms. The van der Waals surface area contributed by atoms with E-state index in [4.69, 9.17) is 0 Å². The Hall–Kier alpha value is -2.81. The van der Waals surface area contributed by atoms with Crippen LogP contribution in [0.2, 0.25) is 0 Å². The van der Waals surface area contributed by atoms with E-state index in [-0.39, 0.29) is 5.91 Å². The second-order valence-electron chi connectivity index (χ2n) is 5.93. The normalized spacial score (nSPS) is 12.9. The molecule has 3 heteroatoms. The second kappa shape index (κ2) is 5.76. The van der Waals surface area contributed by atoms with Gasteiger partial charge in [-0.3, -0.25) is 4.79 Å². The lowest BCUT2D eigenvalue weighted by molar-refractivity contribution is 0.102. The Labute approximate surface area is 135 Å². The fourth-order valence-corrected chi connectivity index (χ4v) is 3.17. The first-order chi connectivity index (χ1) is 11.3. The molecule has 0 atom stereocenters. The van der Waals surface area contributed by atoms with Crippen LogP contribution in [0.4, 0.5) is 5.69 Å². The van der Waals surface area contributed by atoms with Crippen LogP contribution in [0.15, 0.2) is 67.0 Å². The van der Waals surface area contributed by atoms with Crippen LogP contribution in [-0.4, -0.2) is 10.5 Å². The summed E-state index contributed by atoms with van der Waals surface area (Å²) >= 11 is 0. The largest absolute Gasteiger partial charge is 0.324 e. The minimum Gasteiger partial charge on any atom is -0.324 e. The third-order valence-corrected chi connectivity index (χ3v) is 4.37. The summed E-state index contributed by atoms with van der Waals surface area (Å²) in [7, 11) is 0. The molecule has 1 N–H and O–H groups in total. The number of benzene rings is 2. The van der Waals surface area contributed by atoms with E-state index in [9.17, 15) is 4.79 Å². The molecule has 0 bridgehead atoms. The first-order valence-corrected chi connectivity index (χ1v) is 7.96. The Kier molecular flexibility index (Phi) is 3.46. The van der Waals surface area contributed by atoms with E-state index >= 15 is 0 Å². The molecule has 0 aliphatic heterocycles. The number of nitrogens with one attached hydrogen (secondary N) is 1. The van der Waals surface area contributed by atoms with Gasteiger partial charge in [-0.1, -0.05) is 12.1 Å². The van der Waals surface area contributed by atoms with Crippen LogP contribution >= 0.6 is 0 Å². The Morgan fingerprint density at radius 2 is 1.74 bits per heavy atom. The number of fused-ring (bicyclic) bond motifs is 1. The summed E-state index contributed by atoms with van der Waals surface area (Å²) in [5.74, 6) is -0.0723. The van der Waals surface area contributed by atoms with E-state index in [0.717, 1.165) is 24.2 Å². The quantitative estimate of drug-likeness (QED) is 0.772. The first kappa shape index (κ1) is 13.8. The Morgan fingerprint density at radius 3 is 2.61 bits per heavy atom. The zero-order chi connectivity index (χ0) is 15.6. The molecule has 3 nitrogen and oxygen atoms in total. The average molecular weight is 302 g/mol. The number of aryl methyl sites for hydroxylation is 2. The van der Waals surface area contributed by atoms with Crippen LogP contribution < -0.4 is 5.32 Å². The molecule has 1 aliphatic carbocycles. The predicted octanol–water partition coefficient (Wildman–Crippen LogP) is 4.22. The van der Waals surface area contributed by atoms with Gasteiger partial charge in [0.15, 0.2) is 0 Å². The fourth-order valence-electron chi connectivity index (χ4n) is 3.17. The molecule has 2 aromatic carbocycles. The molecular weight excluding hydrogens is 284 g/mol. The summed E-state index contributed by atoms with van der Waals surface area (Å²) in [4.78, 5) is 12.5. The highest BCUT2D eigenvalue weighted by molar-refractivity contribution is 6.04. The van der Waals surface area contributed by atoms with E-state index in [1.165, 1.54) is 17.5 Å². The molecule has 0 spiro atoms. The highest BCUT2D eigenvalue weighted by Crippen LogP contribution is 2.25. The lowest BCUT2D eigenvalue weighted by Crippen LogP contribution is -2.12. The van der Waals surface area contributed by atoms with Gasteiger partial charge in [-0.05, 0) is 72.9 Å². The summed E-state index contributed by atoms with van der Waals surface area (Å²) in [6.07, 6.45) is 7.42. The van der Waals surface area contributed by atoms with Crippen LogP contribution in [0.1, 0.15) is 27.9 Å². The van der Waals surface area contributed by atoms with Gasteiger partial charge in [-0.25, -0.2) is 0 Å². The molecule has 0 unspecified atom stereocenters. The van der Waals surface area contributed by atoms with Crippen molar-refractivity contribution in [3.63, 3.8) is 0 Å². The van der Waals surface area contributed by atoms with Gasteiger partial charge in [-0.2, -0.15) is 0 Å². The molecule has 1 aromatic heterocycles. The molecule has 0 fully saturated rings. The van der Waals surface area contributed by atoms with E-state index in [1.54, 1.807) is 0 Å². The number of amides is 1. The standard InChI is InChI=1S/C20H18N2O/c23-20(21-18-10-9-15-5-3-6-16(15)13-18)17-7-4-8-19(14-17)22-11-1-2-12-22/h1-2,4,7-14H,3,5-6H2,(H,21,23). The van der Waals surface area contributed by atoms with Crippen molar-refractivity contribution < 1.29 is 4.79 Å². The number of carbonyl (C=O) groups is 1. The Bertz CT molecular complexity index is 850. The fraction of sp³-hybridized carbons (Fsp3) is 0.150. The monoisotopic (exact) mass is 302 g/mol. The smallest absolute Gasteiger partial charge is 0.255 e. The van der Waals surface area contributed by atoms with Crippen molar-refractivity contribution in [3.05, 3.63) is 83.7 Å². The van der Waals surface area contributed by atoms with Gasteiger partial charge in [0.05, 0.1) is 0 Å². The molecule has 1 aliphatic rings. The van der Waals surface area contributed by atoms with Crippen LogP contribution in [0.3, 0.4) is 0 Å². The van der Waals surface area contributed by atoms with Crippen LogP contribution in [0.5, 0.6) is 0 Å². The number of anilines is 1. The number of aromatic nitrogens is 1. The molecule has 0 saturated heterocycles. The molecule has 0 saturated carbocycles. The van der Waals surface area contributed by atoms with Crippen molar-refractivity contribution in [2.45, 2.75) is 19.3 Å². The third-order valence-electron chi connectivity index (χ3n) is 4.37. The molecule has 1 heterocycles. The number of hydrogen-bond donors (Lipinski definition) is 1. The molecular formula is C20H18N2O. The molecule has 0 radical (unpaired) electrons. The van der Waals surface area contributed by atoms with Gasteiger partial charge in [0.25, 0.3) is 5.91 Å². The minimum atomic E-state index is -0.0723. The highest BCUT2D eigenvalue weighted by Gasteiger charge is 2.12. The Balaban J connectivity index is 1.56. The van der Waals surface area contributed by atoms with Gasteiger partial charge in [-0.15, -0.1) is 0 Å². The zero-order valence-electron chi connectivity index (χ0n) is 12.8. The molecule has 1 amide bonds. The van der Waals surface area contributed by atoms with Gasteiger partial charge in [0.1, 0.15) is 0 Å². The summed E-state index contributed by atoms with van der Waals surface area (Å²) in [6, 6.07) is 17.8. The second-order valence-corrected chi connectivity index (χ2v) is 5.93. The summed E-state index contributed by atoms with van der Waals surface area (Å²) in [6.45, 7) is 0. The van der Waals surface area contributed by atoms with Crippen molar-refractivity contribution in [1.29, 1.82) is 0 Å². The minimum absolute atomic E-state index is 0.0723. The van der Waals surface area contributed by atoms with Crippen LogP contribution in [-0.2, 0) is 12.8 Å². The lowest BCUT2D eigenvalue weighted by atomic mass is 10.1.